The molecule has 1 saturated heterocycles. The van der Waals surface area contributed by atoms with Gasteiger partial charge in [0.25, 0.3) is 0 Å². The van der Waals surface area contributed by atoms with Crippen molar-refractivity contribution in [3.63, 3.8) is 0 Å². The molecule has 1 aliphatic rings. The lowest BCUT2D eigenvalue weighted by Gasteiger charge is -2.33. The van der Waals surface area contributed by atoms with Gasteiger partial charge in [-0.3, -0.25) is 0 Å². The first-order chi connectivity index (χ1) is 10.3. The first-order valence-electron chi connectivity index (χ1n) is 8.10. The second-order valence-electron chi connectivity index (χ2n) is 7.11. The second-order valence-corrected chi connectivity index (χ2v) is 7.11. The molecule has 0 bridgehead atoms. The lowest BCUT2D eigenvalue weighted by molar-refractivity contribution is 0.0198. The third-order valence-electron chi connectivity index (χ3n) is 3.82. The molecule has 1 aliphatic heterocycles. The molecule has 1 aromatic carbocycles. The Morgan fingerprint density at radius 3 is 2.59 bits per heavy atom. The highest BCUT2D eigenvalue weighted by Gasteiger charge is 2.26. The number of likely N-dealkylation sites (tertiary alicyclic amines) is 1. The number of piperidine rings is 1. The molecule has 1 fully saturated rings. The van der Waals surface area contributed by atoms with E-state index in [-0.39, 0.29) is 6.09 Å². The van der Waals surface area contributed by atoms with Gasteiger partial charge in [-0.1, -0.05) is 29.8 Å². The number of nitrogens with one attached hydrogen (secondary N) is 1. The Balaban J connectivity index is 1.74. The van der Waals surface area contributed by atoms with Gasteiger partial charge in [-0.25, -0.2) is 4.79 Å². The molecular formula is C18H28N2O2. The minimum atomic E-state index is -0.419. The highest BCUT2D eigenvalue weighted by Crippen LogP contribution is 2.16. The number of amides is 1. The maximum absolute atomic E-state index is 12.0. The largest absolute Gasteiger partial charge is 0.444 e. The number of benzene rings is 1. The number of carbonyl (C=O) groups is 1. The van der Waals surface area contributed by atoms with E-state index in [0.717, 1.165) is 32.5 Å². The zero-order valence-corrected chi connectivity index (χ0v) is 14.2. The molecule has 1 heterocycles. The van der Waals surface area contributed by atoms with E-state index in [4.69, 9.17) is 4.74 Å². The Morgan fingerprint density at radius 1 is 1.32 bits per heavy atom. The lowest BCUT2D eigenvalue weighted by Crippen LogP contribution is -2.46. The van der Waals surface area contributed by atoms with E-state index in [1.54, 1.807) is 0 Å². The maximum Gasteiger partial charge on any atom is 0.410 e. The molecule has 22 heavy (non-hydrogen) atoms. The van der Waals surface area contributed by atoms with Crippen LogP contribution in [0.3, 0.4) is 0 Å². The van der Waals surface area contributed by atoms with Crippen LogP contribution < -0.4 is 5.32 Å². The number of aryl methyl sites for hydroxylation is 1. The van der Waals surface area contributed by atoms with Gasteiger partial charge < -0.3 is 15.0 Å². The number of rotatable bonds is 3. The van der Waals surface area contributed by atoms with Crippen molar-refractivity contribution in [1.82, 2.24) is 10.2 Å². The van der Waals surface area contributed by atoms with E-state index >= 15 is 0 Å². The van der Waals surface area contributed by atoms with E-state index in [9.17, 15) is 4.79 Å². The van der Waals surface area contributed by atoms with Crippen molar-refractivity contribution in [1.29, 1.82) is 0 Å². The molecule has 0 unspecified atom stereocenters. The third-order valence-corrected chi connectivity index (χ3v) is 3.82. The van der Waals surface area contributed by atoms with Crippen molar-refractivity contribution < 1.29 is 9.53 Å². The van der Waals surface area contributed by atoms with Crippen LogP contribution in [-0.4, -0.2) is 35.7 Å². The molecular weight excluding hydrogens is 276 g/mol. The fraction of sp³-hybridized carbons (Fsp3) is 0.611. The monoisotopic (exact) mass is 304 g/mol. The van der Waals surface area contributed by atoms with Crippen molar-refractivity contribution in [3.8, 4) is 0 Å². The van der Waals surface area contributed by atoms with Crippen LogP contribution in [0.15, 0.2) is 24.3 Å². The molecule has 0 atom stereocenters. The van der Waals surface area contributed by atoms with E-state index in [1.807, 2.05) is 25.7 Å². The zero-order valence-electron chi connectivity index (χ0n) is 14.2. The lowest BCUT2D eigenvalue weighted by atomic mass is 10.0. The molecule has 1 amide bonds. The summed E-state index contributed by atoms with van der Waals surface area (Å²) in [5.41, 5.74) is 2.19. The van der Waals surface area contributed by atoms with Crippen LogP contribution in [0.2, 0.25) is 0 Å². The fourth-order valence-electron chi connectivity index (χ4n) is 2.68. The van der Waals surface area contributed by atoms with Crippen molar-refractivity contribution in [2.45, 2.75) is 58.7 Å². The number of nitrogens with zero attached hydrogens (tertiary/aromatic N) is 1. The van der Waals surface area contributed by atoms with Gasteiger partial charge in [0.2, 0.25) is 0 Å². The predicted octanol–water partition coefficient (Wildman–Crippen LogP) is 3.48. The fourth-order valence-corrected chi connectivity index (χ4v) is 2.68. The molecule has 122 valence electrons. The van der Waals surface area contributed by atoms with Gasteiger partial charge in [-0.15, -0.1) is 0 Å². The number of hydrogen-bond acceptors (Lipinski definition) is 3. The molecule has 2 rings (SSSR count). The maximum atomic E-state index is 12.0. The molecule has 1 aromatic rings. The number of carbonyl (C=O) groups excluding carboxylic acids is 1. The molecule has 4 heteroatoms. The summed E-state index contributed by atoms with van der Waals surface area (Å²) in [4.78, 5) is 13.8. The minimum absolute atomic E-state index is 0.190. The van der Waals surface area contributed by atoms with E-state index in [1.165, 1.54) is 11.1 Å². The Bertz CT molecular complexity index is 500. The molecule has 0 aromatic heterocycles. The SMILES string of the molecule is Cc1cccc(CNC2CCN(C(=O)OC(C)(C)C)CC2)c1. The van der Waals surface area contributed by atoms with Gasteiger partial charge in [0, 0.05) is 25.7 Å². The first kappa shape index (κ1) is 16.8. The Kier molecular flexibility index (Phi) is 5.46. The summed E-state index contributed by atoms with van der Waals surface area (Å²) in [6, 6.07) is 9.04. The van der Waals surface area contributed by atoms with Crippen LogP contribution in [0.25, 0.3) is 0 Å². The standard InChI is InChI=1S/C18H28N2O2/c1-14-6-5-7-15(12-14)13-19-16-8-10-20(11-9-16)17(21)22-18(2,3)4/h5-7,12,16,19H,8-11,13H2,1-4H3. The summed E-state index contributed by atoms with van der Waals surface area (Å²) in [5, 5.41) is 3.59. The molecule has 0 saturated carbocycles. The van der Waals surface area contributed by atoms with E-state index in [2.05, 4.69) is 36.5 Å². The van der Waals surface area contributed by atoms with Crippen LogP contribution in [-0.2, 0) is 11.3 Å². The van der Waals surface area contributed by atoms with Crippen molar-refractivity contribution >= 4 is 6.09 Å². The summed E-state index contributed by atoms with van der Waals surface area (Å²) in [5.74, 6) is 0. The molecule has 0 radical (unpaired) electrons. The van der Waals surface area contributed by atoms with Crippen molar-refractivity contribution in [2.24, 2.45) is 0 Å². The van der Waals surface area contributed by atoms with Crippen LogP contribution >= 0.6 is 0 Å². The van der Waals surface area contributed by atoms with Crippen LogP contribution in [0.5, 0.6) is 0 Å². The van der Waals surface area contributed by atoms with Gasteiger partial charge in [-0.2, -0.15) is 0 Å². The summed E-state index contributed by atoms with van der Waals surface area (Å²) in [6.07, 6.45) is 1.76. The van der Waals surface area contributed by atoms with Crippen LogP contribution in [0.1, 0.15) is 44.7 Å². The summed E-state index contributed by atoms with van der Waals surface area (Å²) >= 11 is 0. The molecule has 0 spiro atoms. The molecule has 4 nitrogen and oxygen atoms in total. The van der Waals surface area contributed by atoms with Gasteiger partial charge in [0.05, 0.1) is 0 Å². The summed E-state index contributed by atoms with van der Waals surface area (Å²) in [6.45, 7) is 10.2. The number of ether oxygens (including phenoxy) is 1. The third kappa shape index (κ3) is 5.34. The Morgan fingerprint density at radius 2 is 2.00 bits per heavy atom. The Hall–Kier alpha value is -1.55. The van der Waals surface area contributed by atoms with Crippen LogP contribution in [0.4, 0.5) is 4.79 Å². The van der Waals surface area contributed by atoms with Crippen molar-refractivity contribution in [3.05, 3.63) is 35.4 Å². The van der Waals surface area contributed by atoms with Gasteiger partial charge in [0.15, 0.2) is 0 Å². The first-order valence-corrected chi connectivity index (χ1v) is 8.10. The average Bonchev–Trinajstić information content (AvgIpc) is 2.44. The zero-order chi connectivity index (χ0) is 16.2. The highest BCUT2D eigenvalue weighted by atomic mass is 16.6. The van der Waals surface area contributed by atoms with E-state index in [0.29, 0.717) is 6.04 Å². The molecule has 0 aliphatic carbocycles. The quantitative estimate of drug-likeness (QED) is 0.929. The minimum Gasteiger partial charge on any atom is -0.444 e. The van der Waals surface area contributed by atoms with Gasteiger partial charge in [-0.05, 0) is 46.1 Å². The summed E-state index contributed by atoms with van der Waals surface area (Å²) < 4.78 is 5.42. The van der Waals surface area contributed by atoms with E-state index < -0.39 is 5.60 Å². The Labute approximate surface area is 133 Å². The number of hydrogen-bond donors (Lipinski definition) is 1. The smallest absolute Gasteiger partial charge is 0.410 e. The summed E-state index contributed by atoms with van der Waals surface area (Å²) in [7, 11) is 0. The normalized spacial score (nSPS) is 16.6. The highest BCUT2D eigenvalue weighted by molar-refractivity contribution is 5.68. The van der Waals surface area contributed by atoms with Crippen LogP contribution in [0, 0.1) is 6.92 Å². The second kappa shape index (κ2) is 7.14. The topological polar surface area (TPSA) is 41.6 Å². The van der Waals surface area contributed by atoms with Crippen molar-refractivity contribution in [2.75, 3.05) is 13.1 Å². The van der Waals surface area contributed by atoms with Gasteiger partial charge >= 0.3 is 6.09 Å². The molecule has 1 N–H and O–H groups in total. The predicted molar refractivity (Wildman–Crippen MR) is 88.8 cm³/mol. The van der Waals surface area contributed by atoms with Gasteiger partial charge in [0.1, 0.15) is 5.60 Å². The average molecular weight is 304 g/mol.